The minimum Gasteiger partial charge on any atom is -0.354 e. The molecule has 0 saturated heterocycles. The molecule has 3 nitrogen and oxygen atoms in total. The van der Waals surface area contributed by atoms with E-state index < -0.39 is 0 Å². The maximum absolute atomic E-state index is 11.5. The molecule has 16 heavy (non-hydrogen) atoms. The lowest BCUT2D eigenvalue weighted by Crippen LogP contribution is -2.35. The molecule has 0 aliphatic carbocycles. The molecule has 0 spiro atoms. The largest absolute Gasteiger partial charge is 0.354 e. The fourth-order valence-electron chi connectivity index (χ4n) is 1.48. The Bertz CT molecular complexity index is 190. The Hall–Kier alpha value is -0.570. The van der Waals surface area contributed by atoms with E-state index in [0.29, 0.717) is 24.4 Å². The summed E-state index contributed by atoms with van der Waals surface area (Å²) in [6.45, 7) is 11.4. The van der Waals surface area contributed by atoms with Gasteiger partial charge >= 0.3 is 0 Å². The average Bonchev–Trinajstić information content (AvgIpc) is 2.14. The Balaban J connectivity index is 3.54. The molecule has 0 heterocycles. The smallest absolute Gasteiger partial charge is 0.221 e. The quantitative estimate of drug-likeness (QED) is 0.669. The van der Waals surface area contributed by atoms with Crippen molar-refractivity contribution in [2.45, 2.75) is 66.0 Å². The summed E-state index contributed by atoms with van der Waals surface area (Å²) in [5.41, 5.74) is 0. The summed E-state index contributed by atoms with van der Waals surface area (Å²) in [5, 5.41) is 6.27. The minimum absolute atomic E-state index is 0.157. The molecule has 0 aromatic carbocycles. The molecule has 1 amide bonds. The second-order valence-corrected chi connectivity index (χ2v) is 5.30. The molecular weight excluding hydrogens is 200 g/mol. The first-order valence-electron chi connectivity index (χ1n) is 6.44. The molecular formula is C13H28N2O. The van der Waals surface area contributed by atoms with Crippen LogP contribution in [0.5, 0.6) is 0 Å². The molecule has 0 radical (unpaired) electrons. The van der Waals surface area contributed by atoms with Crippen molar-refractivity contribution >= 4 is 5.91 Å². The van der Waals surface area contributed by atoms with E-state index in [2.05, 4.69) is 45.3 Å². The van der Waals surface area contributed by atoms with Gasteiger partial charge in [0.05, 0.1) is 0 Å². The molecule has 0 rings (SSSR count). The van der Waals surface area contributed by atoms with Crippen LogP contribution in [0.3, 0.4) is 0 Å². The van der Waals surface area contributed by atoms with Crippen molar-refractivity contribution in [3.8, 4) is 0 Å². The van der Waals surface area contributed by atoms with E-state index in [0.717, 1.165) is 13.0 Å². The molecule has 2 N–H and O–H groups in total. The molecule has 0 saturated carbocycles. The zero-order valence-corrected chi connectivity index (χ0v) is 11.5. The van der Waals surface area contributed by atoms with Crippen LogP contribution in [0.2, 0.25) is 0 Å². The molecule has 1 unspecified atom stereocenters. The van der Waals surface area contributed by atoms with E-state index in [1.54, 1.807) is 0 Å². The third-order valence-electron chi connectivity index (χ3n) is 2.49. The number of carbonyl (C=O) groups is 1. The zero-order chi connectivity index (χ0) is 12.6. The van der Waals surface area contributed by atoms with Crippen LogP contribution in [0.25, 0.3) is 0 Å². The highest BCUT2D eigenvalue weighted by Gasteiger charge is 2.07. The van der Waals surface area contributed by atoms with Crippen molar-refractivity contribution in [1.29, 1.82) is 0 Å². The van der Waals surface area contributed by atoms with Gasteiger partial charge in [0.1, 0.15) is 0 Å². The summed E-state index contributed by atoms with van der Waals surface area (Å²) in [6.07, 6.45) is 2.82. The van der Waals surface area contributed by atoms with Crippen molar-refractivity contribution in [3.63, 3.8) is 0 Å². The Labute approximate surface area is 100 Å². The maximum atomic E-state index is 11.5. The van der Waals surface area contributed by atoms with E-state index in [-0.39, 0.29) is 5.91 Å². The molecule has 0 aromatic rings. The van der Waals surface area contributed by atoms with Crippen molar-refractivity contribution in [3.05, 3.63) is 0 Å². The standard InChI is InChI=1S/C13H28N2O/c1-10(2)6-7-12(5)15-13(16)8-9-14-11(3)4/h10-12,14H,6-9H2,1-5H3,(H,15,16). The second kappa shape index (κ2) is 8.57. The number of amides is 1. The molecule has 0 bridgehead atoms. The summed E-state index contributed by atoms with van der Waals surface area (Å²) in [5.74, 6) is 0.867. The van der Waals surface area contributed by atoms with Gasteiger partial charge in [-0.05, 0) is 25.7 Å². The molecule has 0 aliphatic heterocycles. The monoisotopic (exact) mass is 228 g/mol. The van der Waals surface area contributed by atoms with E-state index in [1.807, 2.05) is 0 Å². The molecule has 1 atom stereocenters. The van der Waals surface area contributed by atoms with Crippen LogP contribution in [-0.4, -0.2) is 24.5 Å². The van der Waals surface area contributed by atoms with Crippen LogP contribution < -0.4 is 10.6 Å². The van der Waals surface area contributed by atoms with Crippen molar-refractivity contribution < 1.29 is 4.79 Å². The highest BCUT2D eigenvalue weighted by atomic mass is 16.1. The Morgan fingerprint density at radius 2 is 1.69 bits per heavy atom. The molecule has 96 valence electrons. The van der Waals surface area contributed by atoms with Gasteiger partial charge in [-0.15, -0.1) is 0 Å². The minimum atomic E-state index is 0.157. The van der Waals surface area contributed by atoms with Gasteiger partial charge in [0.15, 0.2) is 0 Å². The lowest BCUT2D eigenvalue weighted by Gasteiger charge is -2.15. The van der Waals surface area contributed by atoms with E-state index in [1.165, 1.54) is 6.42 Å². The maximum Gasteiger partial charge on any atom is 0.221 e. The van der Waals surface area contributed by atoms with E-state index in [9.17, 15) is 4.79 Å². The molecule has 0 aromatic heterocycles. The second-order valence-electron chi connectivity index (χ2n) is 5.30. The fourth-order valence-corrected chi connectivity index (χ4v) is 1.48. The SMILES string of the molecule is CC(C)CCC(C)NC(=O)CCNC(C)C. The summed E-state index contributed by atoms with van der Waals surface area (Å²) in [7, 11) is 0. The van der Waals surface area contributed by atoms with Crippen molar-refractivity contribution in [2.24, 2.45) is 5.92 Å². The van der Waals surface area contributed by atoms with Gasteiger partial charge in [0.25, 0.3) is 0 Å². The van der Waals surface area contributed by atoms with Gasteiger partial charge in [0.2, 0.25) is 5.91 Å². The lowest BCUT2D eigenvalue weighted by molar-refractivity contribution is -0.121. The van der Waals surface area contributed by atoms with Crippen LogP contribution in [0, 0.1) is 5.92 Å². The first kappa shape index (κ1) is 15.4. The first-order valence-corrected chi connectivity index (χ1v) is 6.44. The number of nitrogens with one attached hydrogen (secondary N) is 2. The first-order chi connectivity index (χ1) is 7.41. The van der Waals surface area contributed by atoms with E-state index in [4.69, 9.17) is 0 Å². The predicted octanol–water partition coefficient (Wildman–Crippen LogP) is 2.32. The number of hydrogen-bond donors (Lipinski definition) is 2. The lowest BCUT2D eigenvalue weighted by atomic mass is 10.0. The van der Waals surface area contributed by atoms with E-state index >= 15 is 0 Å². The fraction of sp³-hybridized carbons (Fsp3) is 0.923. The van der Waals surface area contributed by atoms with Gasteiger partial charge in [-0.2, -0.15) is 0 Å². The van der Waals surface area contributed by atoms with Gasteiger partial charge in [-0.25, -0.2) is 0 Å². The Morgan fingerprint density at radius 3 is 2.19 bits per heavy atom. The third kappa shape index (κ3) is 9.97. The topological polar surface area (TPSA) is 41.1 Å². The summed E-state index contributed by atoms with van der Waals surface area (Å²) >= 11 is 0. The van der Waals surface area contributed by atoms with Crippen LogP contribution >= 0.6 is 0 Å². The number of rotatable bonds is 8. The summed E-state index contributed by atoms with van der Waals surface area (Å²) < 4.78 is 0. The van der Waals surface area contributed by atoms with Gasteiger partial charge in [0, 0.05) is 25.0 Å². The highest BCUT2D eigenvalue weighted by molar-refractivity contribution is 5.76. The highest BCUT2D eigenvalue weighted by Crippen LogP contribution is 2.06. The van der Waals surface area contributed by atoms with Crippen molar-refractivity contribution in [2.75, 3.05) is 6.54 Å². The zero-order valence-electron chi connectivity index (χ0n) is 11.5. The average molecular weight is 228 g/mol. The third-order valence-corrected chi connectivity index (χ3v) is 2.49. The molecule has 0 aliphatic rings. The number of carbonyl (C=O) groups excluding carboxylic acids is 1. The summed E-state index contributed by atoms with van der Waals surface area (Å²) in [4.78, 5) is 11.5. The summed E-state index contributed by atoms with van der Waals surface area (Å²) in [6, 6.07) is 0.750. The van der Waals surface area contributed by atoms with Crippen LogP contribution in [0.1, 0.15) is 53.9 Å². The van der Waals surface area contributed by atoms with Gasteiger partial charge in [-0.3, -0.25) is 4.79 Å². The van der Waals surface area contributed by atoms with Gasteiger partial charge in [-0.1, -0.05) is 27.7 Å². The molecule has 0 fully saturated rings. The number of hydrogen-bond acceptors (Lipinski definition) is 2. The van der Waals surface area contributed by atoms with Crippen LogP contribution in [0.4, 0.5) is 0 Å². The normalized spacial score (nSPS) is 13.2. The van der Waals surface area contributed by atoms with Crippen LogP contribution in [0.15, 0.2) is 0 Å². The predicted molar refractivity (Wildman–Crippen MR) is 69.4 cm³/mol. The van der Waals surface area contributed by atoms with Crippen molar-refractivity contribution in [1.82, 2.24) is 10.6 Å². The Morgan fingerprint density at radius 1 is 1.06 bits per heavy atom. The Kier molecular flexibility index (Phi) is 8.26. The van der Waals surface area contributed by atoms with Crippen LogP contribution in [-0.2, 0) is 4.79 Å². The molecule has 3 heteroatoms. The van der Waals surface area contributed by atoms with Gasteiger partial charge < -0.3 is 10.6 Å².